The minimum absolute atomic E-state index is 0.212. The SMILES string of the molecule is Cc1cccc(C)c1C(=S)N[C@@]1(C)C(=O)N2[C@@H](C(=O)O)C(C)(C)S[C@@H]21. The maximum atomic E-state index is 12.8. The maximum absolute atomic E-state index is 12.8. The fraction of sp³-hybridized carbons (Fsp3) is 0.500. The lowest BCUT2D eigenvalue weighted by molar-refractivity contribution is -0.165. The molecular weight excluding hydrogens is 356 g/mol. The predicted octanol–water partition coefficient (Wildman–Crippen LogP) is 2.47. The Bertz CT molecular complexity index is 772. The van der Waals surface area contributed by atoms with Crippen LogP contribution in [0.2, 0.25) is 0 Å². The topological polar surface area (TPSA) is 69.6 Å². The molecule has 2 aliphatic rings. The molecule has 2 heterocycles. The summed E-state index contributed by atoms with van der Waals surface area (Å²) in [4.78, 5) is 26.5. The van der Waals surface area contributed by atoms with Crippen molar-refractivity contribution >= 4 is 40.8 Å². The smallest absolute Gasteiger partial charge is 0.327 e. The predicted molar refractivity (Wildman–Crippen MR) is 103 cm³/mol. The second-order valence-electron chi connectivity index (χ2n) is 7.45. The Balaban J connectivity index is 1.89. The minimum Gasteiger partial charge on any atom is -0.480 e. The summed E-state index contributed by atoms with van der Waals surface area (Å²) in [5.41, 5.74) is 2.14. The average molecular weight is 379 g/mol. The van der Waals surface area contributed by atoms with Gasteiger partial charge in [0.25, 0.3) is 5.91 Å². The Hall–Kier alpha value is -1.60. The molecule has 1 aromatic carbocycles. The van der Waals surface area contributed by atoms with Gasteiger partial charge in [-0.25, -0.2) is 4.79 Å². The summed E-state index contributed by atoms with van der Waals surface area (Å²) in [7, 11) is 0. The van der Waals surface area contributed by atoms with Crippen LogP contribution in [0, 0.1) is 13.8 Å². The van der Waals surface area contributed by atoms with Gasteiger partial charge in [0.05, 0.1) is 0 Å². The highest BCUT2D eigenvalue weighted by molar-refractivity contribution is 8.01. The quantitative estimate of drug-likeness (QED) is 0.622. The molecular formula is C18H22N2O3S2. The number of β-lactam (4-membered cyclic amide) rings is 1. The number of benzene rings is 1. The van der Waals surface area contributed by atoms with Crippen LogP contribution in [0.5, 0.6) is 0 Å². The zero-order valence-corrected chi connectivity index (χ0v) is 16.5. The van der Waals surface area contributed by atoms with Crippen molar-refractivity contribution in [1.82, 2.24) is 10.2 Å². The van der Waals surface area contributed by atoms with Crippen molar-refractivity contribution in [2.24, 2.45) is 0 Å². The van der Waals surface area contributed by atoms with Crippen LogP contribution in [-0.4, -0.2) is 48.6 Å². The second kappa shape index (κ2) is 5.71. The molecule has 7 heteroatoms. The van der Waals surface area contributed by atoms with E-state index in [1.165, 1.54) is 16.7 Å². The molecule has 1 aromatic rings. The number of rotatable bonds is 3. The standard InChI is InChI=1S/C18H22N2O3S2/c1-9-7-6-8-10(2)11(9)13(24)19-18(5)15(23)20-12(14(21)22)17(3,4)25-16(18)20/h6-8,12,16H,1-5H3,(H,19,24)(H,21,22)/t12-,16+,18-/m0/s1. The molecule has 1 amide bonds. The highest BCUT2D eigenvalue weighted by Gasteiger charge is 2.69. The van der Waals surface area contributed by atoms with Crippen LogP contribution >= 0.6 is 24.0 Å². The fourth-order valence-electron chi connectivity index (χ4n) is 3.81. The minimum atomic E-state index is -0.965. The number of aryl methyl sites for hydroxylation is 2. The van der Waals surface area contributed by atoms with Gasteiger partial charge in [0.2, 0.25) is 0 Å². The fourth-order valence-corrected chi connectivity index (χ4v) is 5.99. The van der Waals surface area contributed by atoms with Crippen molar-refractivity contribution in [3.8, 4) is 0 Å². The van der Waals surface area contributed by atoms with Crippen LogP contribution < -0.4 is 5.32 Å². The van der Waals surface area contributed by atoms with E-state index in [-0.39, 0.29) is 11.3 Å². The van der Waals surface area contributed by atoms with Crippen molar-refractivity contribution in [2.45, 2.75) is 56.3 Å². The molecule has 2 N–H and O–H groups in total. The Morgan fingerprint density at radius 3 is 2.36 bits per heavy atom. The number of nitrogens with zero attached hydrogens (tertiary/aromatic N) is 1. The van der Waals surface area contributed by atoms with Gasteiger partial charge in [0, 0.05) is 10.3 Å². The summed E-state index contributed by atoms with van der Waals surface area (Å²) < 4.78 is -0.550. The molecule has 5 nitrogen and oxygen atoms in total. The van der Waals surface area contributed by atoms with Crippen molar-refractivity contribution < 1.29 is 14.7 Å². The van der Waals surface area contributed by atoms with Crippen LogP contribution in [0.4, 0.5) is 0 Å². The molecule has 0 unspecified atom stereocenters. The van der Waals surface area contributed by atoms with E-state index in [9.17, 15) is 14.7 Å². The first-order chi connectivity index (χ1) is 11.5. The molecule has 0 saturated carbocycles. The molecule has 0 aliphatic carbocycles. The number of carboxylic acid groups (broad SMARTS) is 1. The first-order valence-electron chi connectivity index (χ1n) is 8.13. The van der Waals surface area contributed by atoms with E-state index in [2.05, 4.69) is 5.32 Å². The van der Waals surface area contributed by atoms with E-state index in [0.717, 1.165) is 16.7 Å². The zero-order valence-electron chi connectivity index (χ0n) is 14.9. The molecule has 0 spiro atoms. The van der Waals surface area contributed by atoms with E-state index in [1.807, 2.05) is 52.8 Å². The number of hydrogen-bond donors (Lipinski definition) is 2. The van der Waals surface area contributed by atoms with Crippen LogP contribution in [-0.2, 0) is 9.59 Å². The van der Waals surface area contributed by atoms with Crippen LogP contribution in [0.1, 0.15) is 37.5 Å². The van der Waals surface area contributed by atoms with E-state index in [1.54, 1.807) is 0 Å². The van der Waals surface area contributed by atoms with Gasteiger partial charge < -0.3 is 15.3 Å². The summed E-state index contributed by atoms with van der Waals surface area (Å²) in [6.45, 7) is 9.52. The van der Waals surface area contributed by atoms with Gasteiger partial charge in [-0.1, -0.05) is 30.4 Å². The maximum Gasteiger partial charge on any atom is 0.327 e. The normalized spacial score (nSPS) is 29.8. The van der Waals surface area contributed by atoms with Crippen LogP contribution in [0.15, 0.2) is 18.2 Å². The number of carboxylic acids is 1. The van der Waals surface area contributed by atoms with Gasteiger partial charge in [-0.3, -0.25) is 4.79 Å². The molecule has 0 radical (unpaired) electrons. The third kappa shape index (κ3) is 2.56. The molecule has 2 fully saturated rings. The lowest BCUT2D eigenvalue weighted by Crippen LogP contribution is -2.78. The van der Waals surface area contributed by atoms with Crippen molar-refractivity contribution in [3.05, 3.63) is 34.9 Å². The Morgan fingerprint density at radius 1 is 1.28 bits per heavy atom. The number of carbonyl (C=O) groups is 2. The molecule has 3 atom stereocenters. The number of carbonyl (C=O) groups excluding carboxylic acids is 1. The van der Waals surface area contributed by atoms with Crippen LogP contribution in [0.3, 0.4) is 0 Å². The molecule has 0 aromatic heterocycles. The molecule has 0 bridgehead atoms. The molecule has 2 saturated heterocycles. The number of amides is 1. The van der Waals surface area contributed by atoms with E-state index in [0.29, 0.717) is 4.99 Å². The van der Waals surface area contributed by atoms with Gasteiger partial charge in [0.1, 0.15) is 21.9 Å². The highest BCUT2D eigenvalue weighted by atomic mass is 32.2. The number of thioether (sulfide) groups is 1. The van der Waals surface area contributed by atoms with Crippen molar-refractivity contribution in [3.63, 3.8) is 0 Å². The van der Waals surface area contributed by atoms with Crippen LogP contribution in [0.25, 0.3) is 0 Å². The van der Waals surface area contributed by atoms with E-state index >= 15 is 0 Å². The number of thiocarbonyl (C=S) groups is 1. The first-order valence-corrected chi connectivity index (χ1v) is 9.41. The second-order valence-corrected chi connectivity index (χ2v) is 9.59. The van der Waals surface area contributed by atoms with E-state index < -0.39 is 22.3 Å². The lowest BCUT2D eigenvalue weighted by atomic mass is 9.85. The van der Waals surface area contributed by atoms with Gasteiger partial charge >= 0.3 is 5.97 Å². The first kappa shape index (κ1) is 18.2. The largest absolute Gasteiger partial charge is 0.480 e. The van der Waals surface area contributed by atoms with Gasteiger partial charge in [-0.05, 0) is 45.7 Å². The van der Waals surface area contributed by atoms with E-state index in [4.69, 9.17) is 12.2 Å². The number of aliphatic carboxylic acids is 1. The summed E-state index contributed by atoms with van der Waals surface area (Å²) in [6, 6.07) is 5.13. The van der Waals surface area contributed by atoms with Gasteiger partial charge in [-0.2, -0.15) is 0 Å². The number of hydrogen-bond acceptors (Lipinski definition) is 4. The number of nitrogens with one attached hydrogen (secondary N) is 1. The molecule has 25 heavy (non-hydrogen) atoms. The third-order valence-corrected chi connectivity index (χ3v) is 7.15. The highest BCUT2D eigenvalue weighted by Crippen LogP contribution is 2.54. The van der Waals surface area contributed by atoms with Crippen molar-refractivity contribution in [1.29, 1.82) is 0 Å². The summed E-state index contributed by atoms with van der Waals surface area (Å²) in [5.74, 6) is -1.18. The Labute approximate surface area is 157 Å². The lowest BCUT2D eigenvalue weighted by Gasteiger charge is -2.51. The molecule has 3 rings (SSSR count). The zero-order chi connectivity index (χ0) is 18.7. The summed E-state index contributed by atoms with van der Waals surface area (Å²) in [6.07, 6.45) is 0. The van der Waals surface area contributed by atoms with Crippen molar-refractivity contribution in [2.75, 3.05) is 0 Å². The summed E-state index contributed by atoms with van der Waals surface area (Å²) in [5, 5.41) is 12.5. The monoisotopic (exact) mass is 378 g/mol. The average Bonchev–Trinajstić information content (AvgIpc) is 2.76. The third-order valence-electron chi connectivity index (χ3n) is 5.09. The Morgan fingerprint density at radius 2 is 1.84 bits per heavy atom. The van der Waals surface area contributed by atoms with Gasteiger partial charge in [0.15, 0.2) is 0 Å². The Kier molecular flexibility index (Phi) is 4.15. The molecule has 134 valence electrons. The van der Waals surface area contributed by atoms with Gasteiger partial charge in [-0.15, -0.1) is 11.8 Å². The summed E-state index contributed by atoms with van der Waals surface area (Å²) >= 11 is 7.10. The molecule has 2 aliphatic heterocycles. The number of fused-ring (bicyclic) bond motifs is 1.